The summed E-state index contributed by atoms with van der Waals surface area (Å²) in [6.07, 6.45) is 1.92. The normalized spacial score (nSPS) is 17.1. The summed E-state index contributed by atoms with van der Waals surface area (Å²) in [5.41, 5.74) is 1.07. The number of ether oxygens (including phenoxy) is 3. The van der Waals surface area contributed by atoms with Crippen molar-refractivity contribution in [2.24, 2.45) is 0 Å². The van der Waals surface area contributed by atoms with Crippen molar-refractivity contribution in [2.75, 3.05) is 13.7 Å². The molecule has 7 heteroatoms. The van der Waals surface area contributed by atoms with E-state index in [1.807, 2.05) is 12.1 Å². The van der Waals surface area contributed by atoms with E-state index in [1.165, 1.54) is 7.11 Å². The standard InChI is InChI=1S/C20H29BrO5Si/c1-19(2,3)27(7,8)24-12-14(21)11-13-9-10-15(23-6)16-17(13)25-20(4,5)26-18(16)22/h9-11H,12H2,1-8H3/b14-11-. The summed E-state index contributed by atoms with van der Waals surface area (Å²) in [6.45, 7) is 14.9. The first kappa shape index (κ1) is 22.0. The highest BCUT2D eigenvalue weighted by Gasteiger charge is 2.38. The van der Waals surface area contributed by atoms with Gasteiger partial charge in [-0.3, -0.25) is 0 Å². The van der Waals surface area contributed by atoms with Gasteiger partial charge in [0, 0.05) is 23.9 Å². The van der Waals surface area contributed by atoms with Crippen molar-refractivity contribution < 1.29 is 23.4 Å². The highest BCUT2D eigenvalue weighted by atomic mass is 79.9. The van der Waals surface area contributed by atoms with Gasteiger partial charge in [-0.2, -0.15) is 0 Å². The van der Waals surface area contributed by atoms with Crippen molar-refractivity contribution in [1.29, 1.82) is 0 Å². The zero-order chi connectivity index (χ0) is 20.6. The topological polar surface area (TPSA) is 54.0 Å². The molecule has 0 fully saturated rings. The molecule has 1 aliphatic heterocycles. The molecule has 1 heterocycles. The molecule has 0 saturated heterocycles. The van der Waals surface area contributed by atoms with Gasteiger partial charge in [0.2, 0.25) is 5.79 Å². The first-order valence-electron chi connectivity index (χ1n) is 8.91. The van der Waals surface area contributed by atoms with Crippen molar-refractivity contribution in [2.45, 2.75) is 58.5 Å². The molecule has 0 bridgehead atoms. The summed E-state index contributed by atoms with van der Waals surface area (Å²) >= 11 is 3.60. The first-order valence-corrected chi connectivity index (χ1v) is 12.6. The number of hydrogen-bond acceptors (Lipinski definition) is 5. The zero-order valence-electron chi connectivity index (χ0n) is 17.4. The van der Waals surface area contributed by atoms with Gasteiger partial charge in [0.1, 0.15) is 17.1 Å². The molecule has 5 nitrogen and oxygen atoms in total. The number of fused-ring (bicyclic) bond motifs is 1. The van der Waals surface area contributed by atoms with Crippen molar-refractivity contribution >= 4 is 36.3 Å². The van der Waals surface area contributed by atoms with E-state index in [-0.39, 0.29) is 5.04 Å². The minimum Gasteiger partial charge on any atom is -0.496 e. The lowest BCUT2D eigenvalue weighted by Crippen LogP contribution is -2.41. The number of esters is 1. The van der Waals surface area contributed by atoms with Crippen molar-refractivity contribution in [1.82, 2.24) is 0 Å². The summed E-state index contributed by atoms with van der Waals surface area (Å²) in [6, 6.07) is 3.60. The van der Waals surface area contributed by atoms with Gasteiger partial charge in [-0.05, 0) is 36.3 Å². The van der Waals surface area contributed by atoms with Gasteiger partial charge in [-0.15, -0.1) is 0 Å². The van der Waals surface area contributed by atoms with Crippen LogP contribution in [-0.4, -0.2) is 33.8 Å². The van der Waals surface area contributed by atoms with Crippen LogP contribution in [0.25, 0.3) is 6.08 Å². The Morgan fingerprint density at radius 2 is 1.89 bits per heavy atom. The molecule has 1 aromatic carbocycles. The number of rotatable bonds is 5. The highest BCUT2D eigenvalue weighted by molar-refractivity contribution is 9.11. The summed E-state index contributed by atoms with van der Waals surface area (Å²) < 4.78 is 23.7. The molecule has 0 saturated carbocycles. The summed E-state index contributed by atoms with van der Waals surface area (Å²) in [5.74, 6) is -0.610. The van der Waals surface area contributed by atoms with Crippen LogP contribution in [0.2, 0.25) is 18.1 Å². The van der Waals surface area contributed by atoms with Gasteiger partial charge < -0.3 is 18.6 Å². The Balaban J connectivity index is 2.35. The van der Waals surface area contributed by atoms with E-state index in [1.54, 1.807) is 19.9 Å². The maximum absolute atomic E-state index is 12.5. The van der Waals surface area contributed by atoms with Crippen LogP contribution in [-0.2, 0) is 9.16 Å². The summed E-state index contributed by atoms with van der Waals surface area (Å²) in [4.78, 5) is 12.5. The van der Waals surface area contributed by atoms with Crippen LogP contribution < -0.4 is 9.47 Å². The zero-order valence-corrected chi connectivity index (χ0v) is 19.9. The fourth-order valence-corrected chi connectivity index (χ4v) is 3.91. The van der Waals surface area contributed by atoms with Crippen LogP contribution in [0.5, 0.6) is 11.5 Å². The van der Waals surface area contributed by atoms with E-state index in [0.717, 1.165) is 10.0 Å². The molecule has 0 atom stereocenters. The third-order valence-electron chi connectivity index (χ3n) is 4.95. The van der Waals surface area contributed by atoms with Crippen LogP contribution in [0, 0.1) is 0 Å². The number of benzene rings is 1. The van der Waals surface area contributed by atoms with Gasteiger partial charge >= 0.3 is 5.97 Å². The Bertz CT molecular complexity index is 762. The molecule has 0 aliphatic carbocycles. The molecule has 1 aromatic rings. The predicted octanol–water partition coefficient (Wildman–Crippen LogP) is 5.74. The maximum atomic E-state index is 12.5. The van der Waals surface area contributed by atoms with Crippen LogP contribution in [0.4, 0.5) is 0 Å². The molecule has 0 spiro atoms. The quantitative estimate of drug-likeness (QED) is 0.417. The molecular formula is C20H29BrO5Si. The van der Waals surface area contributed by atoms with Crippen LogP contribution in [0.15, 0.2) is 16.6 Å². The molecular weight excluding hydrogens is 428 g/mol. The molecule has 27 heavy (non-hydrogen) atoms. The fraction of sp³-hybridized carbons (Fsp3) is 0.550. The van der Waals surface area contributed by atoms with Crippen LogP contribution >= 0.6 is 15.9 Å². The van der Waals surface area contributed by atoms with E-state index in [2.05, 4.69) is 49.8 Å². The van der Waals surface area contributed by atoms with E-state index in [9.17, 15) is 4.79 Å². The monoisotopic (exact) mass is 456 g/mol. The predicted molar refractivity (Wildman–Crippen MR) is 113 cm³/mol. The van der Waals surface area contributed by atoms with Crippen molar-refractivity contribution in [3.8, 4) is 11.5 Å². The van der Waals surface area contributed by atoms with E-state index >= 15 is 0 Å². The number of carbonyl (C=O) groups is 1. The molecule has 0 unspecified atom stereocenters. The lowest BCUT2D eigenvalue weighted by molar-refractivity contribution is -0.127. The Kier molecular flexibility index (Phi) is 6.19. The third kappa shape index (κ3) is 4.95. The number of methoxy groups -OCH3 is 1. The first-order chi connectivity index (χ1) is 12.3. The molecule has 0 amide bonds. The number of hydrogen-bond donors (Lipinski definition) is 0. The number of cyclic esters (lactones) is 1. The summed E-state index contributed by atoms with van der Waals surface area (Å²) in [5, 5.41) is 0.135. The molecule has 0 N–H and O–H groups in total. The lowest BCUT2D eigenvalue weighted by Gasteiger charge is -2.36. The van der Waals surface area contributed by atoms with Crippen molar-refractivity contribution in [3.05, 3.63) is 27.7 Å². The average Bonchev–Trinajstić information content (AvgIpc) is 2.51. The molecule has 2 rings (SSSR count). The van der Waals surface area contributed by atoms with Gasteiger partial charge in [0.25, 0.3) is 0 Å². The van der Waals surface area contributed by atoms with Crippen LogP contribution in [0.1, 0.15) is 50.5 Å². The van der Waals surface area contributed by atoms with E-state index in [4.69, 9.17) is 18.6 Å². The largest absolute Gasteiger partial charge is 0.496 e. The van der Waals surface area contributed by atoms with Gasteiger partial charge in [0.05, 0.1) is 13.7 Å². The second-order valence-electron chi connectivity index (χ2n) is 8.59. The fourth-order valence-electron chi connectivity index (χ4n) is 2.38. The summed E-state index contributed by atoms with van der Waals surface area (Å²) in [7, 11) is -0.343. The second-order valence-corrected chi connectivity index (χ2v) is 14.4. The molecule has 0 radical (unpaired) electrons. The molecule has 150 valence electrons. The van der Waals surface area contributed by atoms with Crippen molar-refractivity contribution in [3.63, 3.8) is 0 Å². The Morgan fingerprint density at radius 1 is 1.26 bits per heavy atom. The van der Waals surface area contributed by atoms with E-state index in [0.29, 0.717) is 23.7 Å². The number of halogens is 1. The van der Waals surface area contributed by atoms with E-state index < -0.39 is 20.1 Å². The van der Waals surface area contributed by atoms with Gasteiger partial charge in [0.15, 0.2) is 8.32 Å². The Hall–Kier alpha value is -1.31. The highest BCUT2D eigenvalue weighted by Crippen LogP contribution is 2.41. The lowest BCUT2D eigenvalue weighted by atomic mass is 10.0. The third-order valence-corrected chi connectivity index (χ3v) is 9.89. The minimum absolute atomic E-state index is 0.135. The van der Waals surface area contributed by atoms with Gasteiger partial charge in [-0.25, -0.2) is 4.79 Å². The average molecular weight is 457 g/mol. The Labute approximate surface area is 171 Å². The second kappa shape index (κ2) is 7.60. The maximum Gasteiger partial charge on any atom is 0.349 e. The molecule has 0 aromatic heterocycles. The minimum atomic E-state index is -1.86. The SMILES string of the molecule is COc1ccc(/C=C(\Br)CO[Si](C)(C)C(C)(C)C)c2c1C(=O)OC(C)(C)O2. The number of carbonyl (C=O) groups excluding carboxylic acids is 1. The Morgan fingerprint density at radius 3 is 2.44 bits per heavy atom. The smallest absolute Gasteiger partial charge is 0.349 e. The molecule has 1 aliphatic rings. The van der Waals surface area contributed by atoms with Gasteiger partial charge in [-0.1, -0.05) is 36.7 Å². The van der Waals surface area contributed by atoms with Crippen LogP contribution in [0.3, 0.4) is 0 Å².